The summed E-state index contributed by atoms with van der Waals surface area (Å²) >= 11 is 0. The van der Waals surface area contributed by atoms with Crippen LogP contribution in [0.2, 0.25) is 0 Å². The number of nitrogens with two attached hydrogens (primary N) is 1. The van der Waals surface area contributed by atoms with E-state index in [2.05, 4.69) is 0 Å². The molecule has 0 aliphatic carbocycles. The number of ether oxygens (including phenoxy) is 1. The number of likely N-dealkylation sites (N-methyl/N-ethyl adjacent to an activating group) is 1. The van der Waals surface area contributed by atoms with Gasteiger partial charge in [0.2, 0.25) is 5.91 Å². The third-order valence-corrected chi connectivity index (χ3v) is 3.88. The fraction of sp³-hybridized carbons (Fsp3) is 0.500. The predicted molar refractivity (Wildman–Crippen MR) is 83.0 cm³/mol. The minimum Gasteiger partial charge on any atom is -0.445 e. The summed E-state index contributed by atoms with van der Waals surface area (Å²) in [6.07, 6.45) is 0.585. The lowest BCUT2D eigenvalue weighted by Crippen LogP contribution is -2.37. The maximum absolute atomic E-state index is 12.0. The van der Waals surface area contributed by atoms with E-state index >= 15 is 0 Å². The van der Waals surface area contributed by atoms with E-state index in [4.69, 9.17) is 10.5 Å². The number of nitrogens with zero attached hydrogens (tertiary/aromatic N) is 2. The molecule has 2 N–H and O–H groups in total. The number of carbonyl (C=O) groups excluding carboxylic acids is 2. The van der Waals surface area contributed by atoms with Gasteiger partial charge in [-0.2, -0.15) is 0 Å². The molecular formula is C16H23N3O3. The fourth-order valence-electron chi connectivity index (χ4n) is 2.60. The van der Waals surface area contributed by atoms with E-state index in [1.807, 2.05) is 30.3 Å². The lowest BCUT2D eigenvalue weighted by molar-refractivity contribution is -0.128. The molecule has 1 heterocycles. The van der Waals surface area contributed by atoms with Gasteiger partial charge in [-0.3, -0.25) is 4.79 Å². The molecule has 22 heavy (non-hydrogen) atoms. The van der Waals surface area contributed by atoms with Gasteiger partial charge in [-0.05, 0) is 17.9 Å². The number of hydrogen-bond donors (Lipinski definition) is 1. The van der Waals surface area contributed by atoms with Gasteiger partial charge in [0, 0.05) is 26.7 Å². The quantitative estimate of drug-likeness (QED) is 0.882. The molecule has 1 fully saturated rings. The summed E-state index contributed by atoms with van der Waals surface area (Å²) in [5, 5.41) is 0. The Bertz CT molecular complexity index is 507. The van der Waals surface area contributed by atoms with Crippen LogP contribution in [0.25, 0.3) is 0 Å². The number of likely N-dealkylation sites (tertiary alicyclic amines) is 1. The first-order valence-electron chi connectivity index (χ1n) is 7.49. The Balaban J connectivity index is 1.75. The molecule has 120 valence electrons. The molecule has 0 bridgehead atoms. The summed E-state index contributed by atoms with van der Waals surface area (Å²) in [6, 6.07) is 9.61. The number of rotatable bonds is 5. The highest BCUT2D eigenvalue weighted by molar-refractivity contribution is 5.77. The molecule has 0 aromatic heterocycles. The van der Waals surface area contributed by atoms with E-state index in [0.29, 0.717) is 19.6 Å². The van der Waals surface area contributed by atoms with Gasteiger partial charge in [-0.1, -0.05) is 30.3 Å². The number of carbonyl (C=O) groups is 2. The molecule has 1 aromatic rings. The van der Waals surface area contributed by atoms with Crippen molar-refractivity contribution >= 4 is 12.0 Å². The van der Waals surface area contributed by atoms with Gasteiger partial charge >= 0.3 is 6.09 Å². The largest absolute Gasteiger partial charge is 0.445 e. The first-order chi connectivity index (χ1) is 10.6. The van der Waals surface area contributed by atoms with Crippen molar-refractivity contribution in [2.45, 2.75) is 13.0 Å². The lowest BCUT2D eigenvalue weighted by atomic mass is 10.1. The highest BCUT2D eigenvalue weighted by Gasteiger charge is 2.28. The Hall–Kier alpha value is -2.08. The Labute approximate surface area is 130 Å². The molecule has 0 spiro atoms. The fourth-order valence-corrected chi connectivity index (χ4v) is 2.60. The summed E-state index contributed by atoms with van der Waals surface area (Å²) in [6.45, 7) is 2.22. The number of benzene rings is 1. The number of amides is 2. The van der Waals surface area contributed by atoms with Gasteiger partial charge in [0.15, 0.2) is 0 Å². The van der Waals surface area contributed by atoms with Crippen LogP contribution in [0, 0.1) is 5.92 Å². The Kier molecular flexibility index (Phi) is 5.77. The van der Waals surface area contributed by atoms with E-state index in [1.165, 1.54) is 0 Å². The van der Waals surface area contributed by atoms with Crippen molar-refractivity contribution in [1.29, 1.82) is 0 Å². The summed E-state index contributed by atoms with van der Waals surface area (Å²) in [5.41, 5.74) is 6.31. The lowest BCUT2D eigenvalue weighted by Gasteiger charge is -2.21. The van der Waals surface area contributed by atoms with Crippen molar-refractivity contribution in [1.82, 2.24) is 9.80 Å². The summed E-state index contributed by atoms with van der Waals surface area (Å²) in [5.74, 6) is 0.204. The maximum atomic E-state index is 12.0. The average Bonchev–Trinajstić information content (AvgIpc) is 3.01. The van der Waals surface area contributed by atoms with Gasteiger partial charge in [0.25, 0.3) is 0 Å². The monoisotopic (exact) mass is 305 g/mol. The first-order valence-corrected chi connectivity index (χ1v) is 7.49. The van der Waals surface area contributed by atoms with E-state index < -0.39 is 0 Å². The summed E-state index contributed by atoms with van der Waals surface area (Å²) in [4.78, 5) is 26.8. The first kappa shape index (κ1) is 16.3. The van der Waals surface area contributed by atoms with Crippen LogP contribution in [0.4, 0.5) is 4.79 Å². The number of hydrogen-bond acceptors (Lipinski definition) is 4. The average molecular weight is 305 g/mol. The van der Waals surface area contributed by atoms with Crippen LogP contribution in [0.3, 0.4) is 0 Å². The minimum atomic E-state index is -0.292. The van der Waals surface area contributed by atoms with Gasteiger partial charge in [0.05, 0.1) is 6.54 Å². The van der Waals surface area contributed by atoms with Crippen LogP contribution in [0.5, 0.6) is 0 Å². The summed E-state index contributed by atoms with van der Waals surface area (Å²) < 4.78 is 5.32. The highest BCUT2D eigenvalue weighted by Crippen LogP contribution is 2.18. The van der Waals surface area contributed by atoms with Crippen molar-refractivity contribution in [3.05, 3.63) is 35.9 Å². The molecular weight excluding hydrogens is 282 g/mol. The molecule has 0 radical (unpaired) electrons. The van der Waals surface area contributed by atoms with Gasteiger partial charge in [-0.15, -0.1) is 0 Å². The van der Waals surface area contributed by atoms with Crippen LogP contribution in [0.15, 0.2) is 30.3 Å². The third-order valence-electron chi connectivity index (χ3n) is 3.88. The zero-order chi connectivity index (χ0) is 15.9. The maximum Gasteiger partial charge on any atom is 0.410 e. The Morgan fingerprint density at radius 1 is 1.36 bits per heavy atom. The predicted octanol–water partition coefficient (Wildman–Crippen LogP) is 1.06. The molecule has 1 aromatic carbocycles. The van der Waals surface area contributed by atoms with E-state index in [0.717, 1.165) is 12.0 Å². The van der Waals surface area contributed by atoms with Gasteiger partial charge in [-0.25, -0.2) is 4.79 Å². The van der Waals surface area contributed by atoms with Crippen molar-refractivity contribution in [3.63, 3.8) is 0 Å². The molecule has 6 nitrogen and oxygen atoms in total. The second-order valence-electron chi connectivity index (χ2n) is 5.62. The molecule has 2 amide bonds. The normalized spacial score (nSPS) is 17.4. The zero-order valence-corrected chi connectivity index (χ0v) is 12.9. The zero-order valence-electron chi connectivity index (χ0n) is 12.9. The topological polar surface area (TPSA) is 75.9 Å². The Morgan fingerprint density at radius 3 is 2.77 bits per heavy atom. The molecule has 6 heteroatoms. The van der Waals surface area contributed by atoms with Gasteiger partial charge in [0.1, 0.15) is 6.61 Å². The molecule has 2 rings (SSSR count). The second kappa shape index (κ2) is 7.79. The van der Waals surface area contributed by atoms with E-state index in [1.54, 1.807) is 16.8 Å². The molecule has 1 unspecified atom stereocenters. The molecule has 1 aliphatic rings. The summed E-state index contributed by atoms with van der Waals surface area (Å²) in [7, 11) is 1.74. The molecule has 0 saturated carbocycles. The van der Waals surface area contributed by atoms with Crippen molar-refractivity contribution in [3.8, 4) is 0 Å². The SMILES string of the molecule is CN(CC1CCN(C(=O)OCc2ccccc2)C1)C(=O)CN. The highest BCUT2D eigenvalue weighted by atomic mass is 16.6. The minimum absolute atomic E-state index is 0.0199. The molecule has 1 aliphatic heterocycles. The van der Waals surface area contributed by atoms with Crippen molar-refractivity contribution < 1.29 is 14.3 Å². The van der Waals surface area contributed by atoms with Crippen molar-refractivity contribution in [2.24, 2.45) is 11.7 Å². The Morgan fingerprint density at radius 2 is 2.09 bits per heavy atom. The smallest absolute Gasteiger partial charge is 0.410 e. The third kappa shape index (κ3) is 4.46. The second-order valence-corrected chi connectivity index (χ2v) is 5.62. The van der Waals surface area contributed by atoms with Crippen LogP contribution >= 0.6 is 0 Å². The van der Waals surface area contributed by atoms with Gasteiger partial charge < -0.3 is 20.3 Å². The van der Waals surface area contributed by atoms with Crippen LogP contribution in [-0.4, -0.2) is 55.0 Å². The van der Waals surface area contributed by atoms with Crippen molar-refractivity contribution in [2.75, 3.05) is 33.2 Å². The van der Waals surface area contributed by atoms with E-state index in [-0.39, 0.29) is 31.1 Å². The van der Waals surface area contributed by atoms with Crippen LogP contribution in [0.1, 0.15) is 12.0 Å². The van der Waals surface area contributed by atoms with Crippen LogP contribution in [-0.2, 0) is 16.1 Å². The molecule has 1 saturated heterocycles. The van der Waals surface area contributed by atoms with E-state index in [9.17, 15) is 9.59 Å². The molecule has 1 atom stereocenters. The van der Waals surface area contributed by atoms with Crippen LogP contribution < -0.4 is 5.73 Å². The standard InChI is InChI=1S/C16H23N3O3/c1-18(15(20)9-17)10-14-7-8-19(11-14)16(21)22-12-13-5-3-2-4-6-13/h2-6,14H,7-12,17H2,1H3.